The van der Waals surface area contributed by atoms with E-state index in [0.717, 1.165) is 18.7 Å². The standard InChI is InChI=1S/C20H26N6O3/c1-13(27)21-9-17-15-8-14(16-4-3-5-20(29)26(16)17)10-25(11-15)12-19(28)22-18-6-7-24(2)23-18/h3-7,14-15,17H,8-12H2,1-2H3,(H,21,27)(H,22,23,28)/t14-,15+,17+/m1/s1. The number of pyridine rings is 1. The van der Waals surface area contributed by atoms with Crippen molar-refractivity contribution in [3.8, 4) is 0 Å². The molecule has 1 fully saturated rings. The minimum absolute atomic E-state index is 0.0334. The normalized spacial score (nSPS) is 23.3. The highest BCUT2D eigenvalue weighted by Crippen LogP contribution is 2.40. The van der Waals surface area contributed by atoms with E-state index < -0.39 is 0 Å². The van der Waals surface area contributed by atoms with Crippen LogP contribution in [0.4, 0.5) is 5.82 Å². The van der Waals surface area contributed by atoms with Crippen LogP contribution >= 0.6 is 0 Å². The molecule has 2 aliphatic heterocycles. The predicted molar refractivity (Wildman–Crippen MR) is 108 cm³/mol. The third-order valence-corrected chi connectivity index (χ3v) is 5.78. The molecule has 1 saturated heterocycles. The molecule has 2 aromatic rings. The SMILES string of the molecule is CC(=O)NC[C@H]1[C@H]2C[C@H](CN(CC(=O)Nc3ccn(C)n3)C2)c2cccc(=O)n21. The Labute approximate surface area is 168 Å². The Hall–Kier alpha value is -2.94. The van der Waals surface area contributed by atoms with Crippen LogP contribution in [-0.2, 0) is 16.6 Å². The van der Waals surface area contributed by atoms with Gasteiger partial charge in [0, 0.05) is 63.5 Å². The van der Waals surface area contributed by atoms with Crippen LogP contribution in [0.5, 0.6) is 0 Å². The minimum Gasteiger partial charge on any atom is -0.354 e. The molecule has 2 aliphatic rings. The van der Waals surface area contributed by atoms with Crippen LogP contribution in [-0.4, -0.2) is 57.2 Å². The summed E-state index contributed by atoms with van der Waals surface area (Å²) in [6.07, 6.45) is 2.73. The fraction of sp³-hybridized carbons (Fsp3) is 0.500. The topological polar surface area (TPSA) is 101 Å². The Morgan fingerprint density at radius 2 is 2.07 bits per heavy atom. The molecule has 2 N–H and O–H groups in total. The number of hydrogen-bond acceptors (Lipinski definition) is 5. The van der Waals surface area contributed by atoms with Crippen LogP contribution in [0.1, 0.15) is 31.0 Å². The van der Waals surface area contributed by atoms with Gasteiger partial charge in [0.1, 0.15) is 0 Å². The Bertz CT molecular complexity index is 981. The molecule has 0 radical (unpaired) electrons. The number of carbonyl (C=O) groups excluding carboxylic acids is 2. The monoisotopic (exact) mass is 398 g/mol. The van der Waals surface area contributed by atoms with Crippen LogP contribution in [0.25, 0.3) is 0 Å². The third-order valence-electron chi connectivity index (χ3n) is 5.78. The number of rotatable bonds is 5. The van der Waals surface area contributed by atoms with E-state index in [1.54, 1.807) is 36.1 Å². The molecule has 4 heterocycles. The number of carbonyl (C=O) groups is 2. The van der Waals surface area contributed by atoms with Crippen molar-refractivity contribution in [2.24, 2.45) is 13.0 Å². The maximum absolute atomic E-state index is 12.6. The van der Waals surface area contributed by atoms with Gasteiger partial charge in [0.05, 0.1) is 12.6 Å². The zero-order chi connectivity index (χ0) is 20.5. The van der Waals surface area contributed by atoms with E-state index in [9.17, 15) is 14.4 Å². The molecule has 9 nitrogen and oxygen atoms in total. The van der Waals surface area contributed by atoms with Gasteiger partial charge < -0.3 is 15.2 Å². The van der Waals surface area contributed by atoms with E-state index in [0.29, 0.717) is 18.9 Å². The van der Waals surface area contributed by atoms with Gasteiger partial charge in [-0.1, -0.05) is 6.07 Å². The van der Waals surface area contributed by atoms with Crippen LogP contribution in [0, 0.1) is 5.92 Å². The first-order valence-corrected chi connectivity index (χ1v) is 9.88. The molecular formula is C20H26N6O3. The molecule has 3 atom stereocenters. The Balaban J connectivity index is 1.52. The quantitative estimate of drug-likeness (QED) is 0.755. The molecule has 2 aromatic heterocycles. The molecule has 0 aliphatic carbocycles. The largest absolute Gasteiger partial charge is 0.354 e. The maximum Gasteiger partial charge on any atom is 0.251 e. The van der Waals surface area contributed by atoms with Gasteiger partial charge >= 0.3 is 0 Å². The lowest BCUT2D eigenvalue weighted by Gasteiger charge is -2.46. The van der Waals surface area contributed by atoms with Crippen molar-refractivity contribution in [1.29, 1.82) is 0 Å². The van der Waals surface area contributed by atoms with Crippen LogP contribution in [0.15, 0.2) is 35.3 Å². The molecular weight excluding hydrogens is 372 g/mol. The van der Waals surface area contributed by atoms with E-state index in [1.165, 1.54) is 6.92 Å². The lowest BCUT2D eigenvalue weighted by molar-refractivity contribution is -0.119. The van der Waals surface area contributed by atoms with Gasteiger partial charge in [-0.2, -0.15) is 5.10 Å². The highest BCUT2D eigenvalue weighted by molar-refractivity contribution is 5.91. The number of aromatic nitrogens is 3. The molecule has 4 rings (SSSR count). The molecule has 29 heavy (non-hydrogen) atoms. The van der Waals surface area contributed by atoms with Crippen molar-refractivity contribution in [3.05, 3.63) is 46.5 Å². The Morgan fingerprint density at radius 1 is 1.24 bits per heavy atom. The smallest absolute Gasteiger partial charge is 0.251 e. The zero-order valence-electron chi connectivity index (χ0n) is 16.7. The average molecular weight is 398 g/mol. The van der Waals surface area contributed by atoms with Gasteiger partial charge in [0.2, 0.25) is 11.8 Å². The summed E-state index contributed by atoms with van der Waals surface area (Å²) in [4.78, 5) is 38.7. The summed E-state index contributed by atoms with van der Waals surface area (Å²) in [5.41, 5.74) is 0.952. The lowest BCUT2D eigenvalue weighted by Crippen LogP contribution is -2.53. The number of aryl methyl sites for hydroxylation is 1. The van der Waals surface area contributed by atoms with E-state index in [1.807, 2.05) is 10.6 Å². The molecule has 0 aromatic carbocycles. The summed E-state index contributed by atoms with van der Waals surface area (Å²) >= 11 is 0. The molecule has 2 amide bonds. The summed E-state index contributed by atoms with van der Waals surface area (Å²) < 4.78 is 3.49. The van der Waals surface area contributed by atoms with Crippen molar-refractivity contribution >= 4 is 17.6 Å². The fourth-order valence-corrected chi connectivity index (χ4v) is 4.64. The zero-order valence-corrected chi connectivity index (χ0v) is 16.7. The van der Waals surface area contributed by atoms with Crippen molar-refractivity contribution in [2.75, 3.05) is 31.5 Å². The second-order valence-corrected chi connectivity index (χ2v) is 7.97. The van der Waals surface area contributed by atoms with E-state index >= 15 is 0 Å². The molecule has 0 unspecified atom stereocenters. The first-order valence-electron chi connectivity index (χ1n) is 9.88. The highest BCUT2D eigenvalue weighted by atomic mass is 16.2. The highest BCUT2D eigenvalue weighted by Gasteiger charge is 2.40. The van der Waals surface area contributed by atoms with Gasteiger partial charge in [-0.05, 0) is 18.4 Å². The number of amides is 2. The molecule has 0 saturated carbocycles. The summed E-state index contributed by atoms with van der Waals surface area (Å²) in [6, 6.07) is 7.00. The minimum atomic E-state index is -0.111. The maximum atomic E-state index is 12.6. The van der Waals surface area contributed by atoms with Crippen LogP contribution in [0.3, 0.4) is 0 Å². The fourth-order valence-electron chi connectivity index (χ4n) is 4.64. The number of hydrogen-bond donors (Lipinski definition) is 2. The van der Waals surface area contributed by atoms with Crippen molar-refractivity contribution < 1.29 is 9.59 Å². The predicted octanol–water partition coefficient (Wildman–Crippen LogP) is 0.317. The average Bonchev–Trinajstić information content (AvgIpc) is 3.06. The van der Waals surface area contributed by atoms with Crippen LogP contribution < -0.4 is 16.2 Å². The van der Waals surface area contributed by atoms with E-state index in [2.05, 4.69) is 20.6 Å². The molecule has 9 heteroatoms. The van der Waals surface area contributed by atoms with Crippen LogP contribution in [0.2, 0.25) is 0 Å². The van der Waals surface area contributed by atoms with Gasteiger partial charge in [0.15, 0.2) is 5.82 Å². The van der Waals surface area contributed by atoms with Crippen molar-refractivity contribution in [3.63, 3.8) is 0 Å². The third kappa shape index (κ3) is 4.09. The molecule has 2 bridgehead atoms. The Kier molecular flexibility index (Phi) is 5.23. The second-order valence-electron chi connectivity index (χ2n) is 7.97. The number of likely N-dealkylation sites (tertiary alicyclic amines) is 1. The van der Waals surface area contributed by atoms with Gasteiger partial charge in [-0.25, -0.2) is 0 Å². The summed E-state index contributed by atoms with van der Waals surface area (Å²) in [5.74, 6) is 0.706. The first-order chi connectivity index (χ1) is 13.9. The number of anilines is 1. The number of piperidine rings is 1. The summed E-state index contributed by atoms with van der Waals surface area (Å²) in [6.45, 7) is 3.60. The number of nitrogens with zero attached hydrogens (tertiary/aromatic N) is 4. The Morgan fingerprint density at radius 3 is 2.79 bits per heavy atom. The first kappa shape index (κ1) is 19.4. The van der Waals surface area contributed by atoms with Crippen molar-refractivity contribution in [2.45, 2.75) is 25.3 Å². The second kappa shape index (κ2) is 7.82. The van der Waals surface area contributed by atoms with Crippen molar-refractivity contribution in [1.82, 2.24) is 24.6 Å². The summed E-state index contributed by atoms with van der Waals surface area (Å²) in [7, 11) is 1.80. The number of fused-ring (bicyclic) bond motifs is 4. The van der Waals surface area contributed by atoms with Gasteiger partial charge in [-0.15, -0.1) is 0 Å². The van der Waals surface area contributed by atoms with E-state index in [4.69, 9.17) is 0 Å². The lowest BCUT2D eigenvalue weighted by atomic mass is 9.78. The number of nitrogens with one attached hydrogen (secondary N) is 2. The molecule has 154 valence electrons. The summed E-state index contributed by atoms with van der Waals surface area (Å²) in [5, 5.41) is 9.88. The molecule has 0 spiro atoms. The van der Waals surface area contributed by atoms with E-state index in [-0.39, 0.29) is 41.8 Å². The van der Waals surface area contributed by atoms with Gasteiger partial charge in [0.25, 0.3) is 5.56 Å². The van der Waals surface area contributed by atoms with Gasteiger partial charge in [-0.3, -0.25) is 24.0 Å².